The van der Waals surface area contributed by atoms with Gasteiger partial charge >= 0.3 is 6.18 Å². The van der Waals surface area contributed by atoms with Gasteiger partial charge in [-0.15, -0.1) is 0 Å². The lowest BCUT2D eigenvalue weighted by atomic mass is 10.0. The van der Waals surface area contributed by atoms with Crippen molar-refractivity contribution in [1.29, 1.82) is 0 Å². The zero-order valence-electron chi connectivity index (χ0n) is 22.4. The molecule has 1 atom stereocenters. The van der Waals surface area contributed by atoms with Crippen molar-refractivity contribution >= 4 is 27.1 Å². The third-order valence-electron chi connectivity index (χ3n) is 6.63. The second kappa shape index (κ2) is 11.6. The van der Waals surface area contributed by atoms with Crippen LogP contribution in [0, 0.1) is 12.7 Å². The number of sulfone groups is 1. The minimum absolute atomic E-state index is 0.0307. The van der Waals surface area contributed by atoms with E-state index in [2.05, 4.69) is 5.32 Å². The molecule has 3 aromatic rings. The number of anilines is 2. The Morgan fingerprint density at radius 3 is 2.51 bits per heavy atom. The summed E-state index contributed by atoms with van der Waals surface area (Å²) in [6.45, 7) is 0.793. The Hall–Kier alpha value is -3.84. The highest BCUT2D eigenvalue weighted by Crippen LogP contribution is 2.41. The largest absolute Gasteiger partial charge is 0.497 e. The molecule has 0 aromatic heterocycles. The fourth-order valence-corrected chi connectivity index (χ4v) is 5.38. The number of hydrogen-bond acceptors (Lipinski definition) is 7. The van der Waals surface area contributed by atoms with Crippen LogP contribution >= 0.6 is 0 Å². The van der Waals surface area contributed by atoms with Crippen LogP contribution < -0.4 is 19.7 Å². The third kappa shape index (κ3) is 6.57. The molecule has 4 rings (SSSR count). The van der Waals surface area contributed by atoms with E-state index in [-0.39, 0.29) is 52.0 Å². The number of nitrogens with zero attached hydrogens (tertiary/aromatic N) is 1. The van der Waals surface area contributed by atoms with Gasteiger partial charge < -0.3 is 24.8 Å². The van der Waals surface area contributed by atoms with Crippen LogP contribution in [-0.2, 0) is 27.2 Å². The number of methoxy groups -OCH3 is 1. The van der Waals surface area contributed by atoms with E-state index in [1.54, 1.807) is 0 Å². The molecule has 0 bridgehead atoms. The van der Waals surface area contributed by atoms with Crippen molar-refractivity contribution in [3.63, 3.8) is 0 Å². The highest BCUT2D eigenvalue weighted by molar-refractivity contribution is 7.90. The van der Waals surface area contributed by atoms with Crippen molar-refractivity contribution in [2.75, 3.05) is 43.3 Å². The molecule has 1 amide bonds. The van der Waals surface area contributed by atoms with Crippen molar-refractivity contribution in [3.8, 4) is 11.5 Å². The number of rotatable bonds is 9. The summed E-state index contributed by atoms with van der Waals surface area (Å²) in [6, 6.07) is 8.37. The van der Waals surface area contributed by atoms with E-state index in [4.69, 9.17) is 9.47 Å². The van der Waals surface area contributed by atoms with Crippen molar-refractivity contribution in [2.45, 2.75) is 30.5 Å². The molecule has 220 valence electrons. The summed E-state index contributed by atoms with van der Waals surface area (Å²) in [5, 5.41) is 12.2. The van der Waals surface area contributed by atoms with Crippen LogP contribution in [0.15, 0.2) is 53.4 Å². The normalized spacial score (nSPS) is 14.0. The molecule has 2 N–H and O–H groups in total. The topological polar surface area (TPSA) is 105 Å². The minimum atomic E-state index is -4.64. The number of aryl methyl sites for hydroxylation is 1. The predicted molar refractivity (Wildman–Crippen MR) is 144 cm³/mol. The third-order valence-corrected chi connectivity index (χ3v) is 7.72. The molecule has 3 aromatic carbocycles. The number of aliphatic hydroxyl groups is 1. The van der Waals surface area contributed by atoms with Gasteiger partial charge in [0.25, 0.3) is 5.91 Å². The maximum Gasteiger partial charge on any atom is 0.416 e. The van der Waals surface area contributed by atoms with Gasteiger partial charge in [0.2, 0.25) is 0 Å². The number of carbonyl (C=O) groups is 1. The maximum atomic E-state index is 14.2. The van der Waals surface area contributed by atoms with Crippen LogP contribution in [0.2, 0.25) is 0 Å². The number of halogens is 4. The fraction of sp³-hybridized carbons (Fsp3) is 0.321. The molecule has 1 unspecified atom stereocenters. The van der Waals surface area contributed by atoms with Gasteiger partial charge in [0.15, 0.2) is 9.84 Å². The van der Waals surface area contributed by atoms with Crippen LogP contribution in [0.4, 0.5) is 28.9 Å². The molecule has 41 heavy (non-hydrogen) atoms. The lowest BCUT2D eigenvalue weighted by molar-refractivity contribution is -0.138. The number of alkyl halides is 3. The number of ether oxygens (including phenoxy) is 2. The summed E-state index contributed by atoms with van der Waals surface area (Å²) in [5.74, 6) is -1.31. The first-order valence-corrected chi connectivity index (χ1v) is 14.3. The summed E-state index contributed by atoms with van der Waals surface area (Å²) in [4.78, 5) is 15.2. The van der Waals surface area contributed by atoms with E-state index in [0.717, 1.165) is 24.5 Å². The minimum Gasteiger partial charge on any atom is -0.497 e. The second-order valence-corrected chi connectivity index (χ2v) is 11.6. The van der Waals surface area contributed by atoms with Crippen LogP contribution in [0.1, 0.15) is 28.3 Å². The Morgan fingerprint density at radius 1 is 1.15 bits per heavy atom. The van der Waals surface area contributed by atoms with Gasteiger partial charge in [-0.3, -0.25) is 4.79 Å². The molecule has 1 aliphatic rings. The number of carbonyl (C=O) groups excluding carboxylic acids is 1. The van der Waals surface area contributed by atoms with Gasteiger partial charge in [0.1, 0.15) is 30.0 Å². The highest BCUT2D eigenvalue weighted by atomic mass is 32.2. The lowest BCUT2D eigenvalue weighted by Gasteiger charge is -2.28. The van der Waals surface area contributed by atoms with E-state index in [9.17, 15) is 35.9 Å². The van der Waals surface area contributed by atoms with E-state index in [1.807, 2.05) is 0 Å². The van der Waals surface area contributed by atoms with Gasteiger partial charge in [-0.05, 0) is 54.8 Å². The van der Waals surface area contributed by atoms with Crippen molar-refractivity contribution < 1.29 is 45.4 Å². The van der Waals surface area contributed by atoms with Crippen LogP contribution in [-0.4, -0.2) is 52.6 Å². The number of nitrogens with one attached hydrogen (secondary N) is 1. The van der Waals surface area contributed by atoms with Gasteiger partial charge in [-0.25, -0.2) is 12.8 Å². The quantitative estimate of drug-likeness (QED) is 0.346. The lowest BCUT2D eigenvalue weighted by Crippen LogP contribution is -2.37. The monoisotopic (exact) mass is 596 g/mol. The maximum absolute atomic E-state index is 14.2. The standard InChI is InChI=1S/C28H28F4N2O6S/c1-16-10-17-6-7-34(24(17)15-23(16)28(30,31)32)27(36)26(22-5-4-18(29)11-25(22)40-9-8-35)33-19-12-20(39-2)14-21(13-19)41(3,37)38/h4-5,10-15,26,33,35H,6-9H2,1-3H3. The molecule has 0 saturated heterocycles. The summed E-state index contributed by atoms with van der Waals surface area (Å²) < 4.78 is 90.7. The molecular weight excluding hydrogens is 568 g/mol. The number of amides is 1. The van der Waals surface area contributed by atoms with Crippen molar-refractivity contribution in [1.82, 2.24) is 0 Å². The number of aliphatic hydroxyl groups excluding tert-OH is 1. The fourth-order valence-electron chi connectivity index (χ4n) is 4.70. The Bertz CT molecular complexity index is 1580. The van der Waals surface area contributed by atoms with E-state index in [1.165, 1.54) is 49.3 Å². The molecule has 0 radical (unpaired) electrons. The van der Waals surface area contributed by atoms with Gasteiger partial charge in [0, 0.05) is 41.9 Å². The van der Waals surface area contributed by atoms with E-state index in [0.29, 0.717) is 12.0 Å². The highest BCUT2D eigenvalue weighted by Gasteiger charge is 2.38. The molecule has 0 spiro atoms. The summed E-state index contributed by atoms with van der Waals surface area (Å²) >= 11 is 0. The number of fused-ring (bicyclic) bond motifs is 1. The Kier molecular flexibility index (Phi) is 8.50. The Morgan fingerprint density at radius 2 is 1.88 bits per heavy atom. The van der Waals surface area contributed by atoms with Crippen molar-refractivity contribution in [3.05, 3.63) is 76.6 Å². The zero-order valence-corrected chi connectivity index (χ0v) is 23.2. The summed E-state index contributed by atoms with van der Waals surface area (Å²) in [6.07, 6.45) is -3.34. The van der Waals surface area contributed by atoms with Gasteiger partial charge in [-0.2, -0.15) is 13.2 Å². The van der Waals surface area contributed by atoms with Gasteiger partial charge in [0.05, 0.1) is 24.2 Å². The SMILES string of the molecule is COc1cc(NC(C(=O)N2CCc3cc(C)c(C(F)(F)F)cc32)c2ccc(F)cc2OCCO)cc(S(C)(=O)=O)c1. The molecule has 8 nitrogen and oxygen atoms in total. The number of hydrogen-bond donors (Lipinski definition) is 2. The summed E-state index contributed by atoms with van der Waals surface area (Å²) in [7, 11) is -2.38. The molecular formula is C28H28F4N2O6S. The first-order valence-electron chi connectivity index (χ1n) is 12.4. The Labute approximate surface area is 234 Å². The smallest absolute Gasteiger partial charge is 0.416 e. The Balaban J connectivity index is 1.85. The summed E-state index contributed by atoms with van der Waals surface area (Å²) in [5.41, 5.74) is 0.0503. The molecule has 0 saturated carbocycles. The first kappa shape index (κ1) is 30.1. The average molecular weight is 597 g/mol. The van der Waals surface area contributed by atoms with E-state index >= 15 is 0 Å². The average Bonchev–Trinajstić information content (AvgIpc) is 3.31. The molecule has 0 aliphatic carbocycles. The molecule has 13 heteroatoms. The van der Waals surface area contributed by atoms with Crippen LogP contribution in [0.5, 0.6) is 11.5 Å². The predicted octanol–water partition coefficient (Wildman–Crippen LogP) is 4.68. The van der Waals surface area contributed by atoms with Crippen LogP contribution in [0.3, 0.4) is 0 Å². The zero-order chi connectivity index (χ0) is 30.1. The van der Waals surface area contributed by atoms with Gasteiger partial charge in [-0.1, -0.05) is 6.07 Å². The molecule has 1 heterocycles. The second-order valence-electron chi connectivity index (χ2n) is 9.53. The van der Waals surface area contributed by atoms with Crippen LogP contribution in [0.25, 0.3) is 0 Å². The first-order chi connectivity index (χ1) is 19.2. The number of benzene rings is 3. The van der Waals surface area contributed by atoms with Crippen molar-refractivity contribution in [2.24, 2.45) is 0 Å². The van der Waals surface area contributed by atoms with E-state index < -0.39 is 46.0 Å². The molecule has 0 fully saturated rings. The molecule has 1 aliphatic heterocycles.